The predicted molar refractivity (Wildman–Crippen MR) is 111 cm³/mol. The van der Waals surface area contributed by atoms with Crippen LogP contribution in [0.3, 0.4) is 0 Å². The van der Waals surface area contributed by atoms with Gasteiger partial charge in [-0.25, -0.2) is 8.42 Å². The molecular formula is C18H18ClN3O8S. The Labute approximate surface area is 182 Å². The van der Waals surface area contributed by atoms with Gasteiger partial charge in [-0.15, -0.1) is 0 Å². The van der Waals surface area contributed by atoms with E-state index >= 15 is 0 Å². The normalized spacial score (nSPS) is 11.1. The molecule has 0 fully saturated rings. The van der Waals surface area contributed by atoms with Crippen molar-refractivity contribution >= 4 is 44.9 Å². The molecule has 0 aromatic heterocycles. The zero-order chi connectivity index (χ0) is 23.2. The molecule has 1 N–H and O–H groups in total. The summed E-state index contributed by atoms with van der Waals surface area (Å²) >= 11 is 5.73. The van der Waals surface area contributed by atoms with Gasteiger partial charge in [0.25, 0.3) is 11.6 Å². The van der Waals surface area contributed by atoms with Crippen LogP contribution in [0.4, 0.5) is 11.4 Å². The molecule has 0 unspecified atom stereocenters. The number of ether oxygens (including phenoxy) is 2. The Morgan fingerprint density at radius 2 is 1.84 bits per heavy atom. The van der Waals surface area contributed by atoms with Crippen LogP contribution >= 0.6 is 11.6 Å². The van der Waals surface area contributed by atoms with Gasteiger partial charge in [-0.2, -0.15) is 4.31 Å². The summed E-state index contributed by atoms with van der Waals surface area (Å²) in [6.07, 6.45) is 0. The fourth-order valence-electron chi connectivity index (χ4n) is 2.33. The average Bonchev–Trinajstić information content (AvgIpc) is 2.72. The van der Waals surface area contributed by atoms with Crippen LogP contribution in [0.5, 0.6) is 5.75 Å². The molecule has 0 saturated heterocycles. The number of sulfonamides is 1. The average molecular weight is 472 g/mol. The van der Waals surface area contributed by atoms with Crippen LogP contribution < -0.4 is 10.1 Å². The van der Waals surface area contributed by atoms with Gasteiger partial charge in [0, 0.05) is 12.1 Å². The van der Waals surface area contributed by atoms with E-state index in [1.165, 1.54) is 50.6 Å². The summed E-state index contributed by atoms with van der Waals surface area (Å²) in [5.41, 5.74) is -0.526. The Balaban J connectivity index is 1.94. The number of halogens is 1. The summed E-state index contributed by atoms with van der Waals surface area (Å²) in [6, 6.07) is 9.16. The number of hydrogen-bond acceptors (Lipinski definition) is 8. The number of likely N-dealkylation sites (N-methyl/N-ethyl adjacent to an activating group) is 1. The maximum atomic E-state index is 12.4. The Bertz CT molecular complexity index is 1090. The highest BCUT2D eigenvalue weighted by atomic mass is 35.5. The minimum Gasteiger partial charge on any atom is -0.496 e. The molecule has 0 aliphatic carbocycles. The largest absolute Gasteiger partial charge is 0.496 e. The Hall–Kier alpha value is -3.22. The monoisotopic (exact) mass is 471 g/mol. The molecule has 13 heteroatoms. The molecule has 31 heavy (non-hydrogen) atoms. The number of carbonyl (C=O) groups excluding carboxylic acids is 2. The van der Waals surface area contributed by atoms with E-state index in [9.17, 15) is 28.1 Å². The molecule has 2 aromatic rings. The molecule has 0 aliphatic heterocycles. The molecule has 0 atom stereocenters. The number of amides is 1. The highest BCUT2D eigenvalue weighted by Gasteiger charge is 2.24. The van der Waals surface area contributed by atoms with Crippen molar-refractivity contribution in [2.24, 2.45) is 0 Å². The molecule has 0 spiro atoms. The van der Waals surface area contributed by atoms with Gasteiger partial charge in [0.2, 0.25) is 10.0 Å². The molecule has 0 saturated carbocycles. The molecule has 1 amide bonds. The standard InChI is InChI=1S/C18H18ClN3O8S/c1-21(31(27,28)14-6-3-12(19)4-7-14)10-18(24)30-11-17(23)20-15-8-5-13(29-2)9-16(15)22(25)26/h3-9H,10-11H2,1-2H3,(H,20,23). The van der Waals surface area contributed by atoms with Gasteiger partial charge in [0.1, 0.15) is 18.0 Å². The summed E-state index contributed by atoms with van der Waals surface area (Å²) in [7, 11) is -1.47. The number of hydrogen-bond donors (Lipinski definition) is 1. The second kappa shape index (κ2) is 10.2. The summed E-state index contributed by atoms with van der Waals surface area (Å²) in [6.45, 7) is -1.42. The quantitative estimate of drug-likeness (QED) is 0.332. The van der Waals surface area contributed by atoms with Crippen LogP contribution in [0, 0.1) is 10.1 Å². The first kappa shape index (κ1) is 24.1. The SMILES string of the molecule is COc1ccc(NC(=O)COC(=O)CN(C)S(=O)(=O)c2ccc(Cl)cc2)c([N+](=O)[O-])c1. The fraction of sp³-hybridized carbons (Fsp3) is 0.222. The van der Waals surface area contributed by atoms with E-state index in [4.69, 9.17) is 21.1 Å². The van der Waals surface area contributed by atoms with E-state index < -0.39 is 45.7 Å². The van der Waals surface area contributed by atoms with Gasteiger partial charge in [-0.1, -0.05) is 11.6 Å². The smallest absolute Gasteiger partial charge is 0.321 e. The molecule has 0 bridgehead atoms. The lowest BCUT2D eigenvalue weighted by Crippen LogP contribution is -2.34. The lowest BCUT2D eigenvalue weighted by molar-refractivity contribution is -0.384. The number of esters is 1. The third kappa shape index (κ3) is 6.38. The maximum Gasteiger partial charge on any atom is 0.321 e. The highest BCUT2D eigenvalue weighted by Crippen LogP contribution is 2.28. The number of carbonyl (C=O) groups is 2. The topological polar surface area (TPSA) is 145 Å². The van der Waals surface area contributed by atoms with Crippen molar-refractivity contribution in [2.45, 2.75) is 4.90 Å². The summed E-state index contributed by atoms with van der Waals surface area (Å²) < 4.78 is 35.3. The number of nitrogens with zero attached hydrogens (tertiary/aromatic N) is 2. The van der Waals surface area contributed by atoms with Gasteiger partial charge in [-0.3, -0.25) is 19.7 Å². The number of nitrogens with one attached hydrogen (secondary N) is 1. The number of anilines is 1. The predicted octanol–water partition coefficient (Wildman–Crippen LogP) is 2.06. The molecule has 2 aromatic carbocycles. The summed E-state index contributed by atoms with van der Waals surface area (Å²) in [5.74, 6) is -1.61. The second-order valence-electron chi connectivity index (χ2n) is 6.06. The van der Waals surface area contributed by atoms with Crippen molar-refractivity contribution in [3.63, 3.8) is 0 Å². The number of nitro groups is 1. The first-order valence-electron chi connectivity index (χ1n) is 8.54. The van der Waals surface area contributed by atoms with E-state index in [1.54, 1.807) is 0 Å². The third-order valence-corrected chi connectivity index (χ3v) is 5.98. The van der Waals surface area contributed by atoms with Crippen LogP contribution in [0.25, 0.3) is 0 Å². The summed E-state index contributed by atoms with van der Waals surface area (Å²) in [5, 5.41) is 13.7. The van der Waals surface area contributed by atoms with Crippen LogP contribution in [-0.2, 0) is 24.3 Å². The minimum absolute atomic E-state index is 0.0724. The maximum absolute atomic E-state index is 12.4. The molecule has 166 valence electrons. The second-order valence-corrected chi connectivity index (χ2v) is 8.55. The fourth-order valence-corrected chi connectivity index (χ4v) is 3.57. The van der Waals surface area contributed by atoms with E-state index in [1.807, 2.05) is 0 Å². The molecule has 0 aliphatic rings. The van der Waals surface area contributed by atoms with E-state index in [-0.39, 0.29) is 16.3 Å². The Morgan fingerprint density at radius 3 is 2.42 bits per heavy atom. The Kier molecular flexibility index (Phi) is 7.91. The van der Waals surface area contributed by atoms with Crippen LogP contribution in [0.1, 0.15) is 0 Å². The highest BCUT2D eigenvalue weighted by molar-refractivity contribution is 7.89. The molecular weight excluding hydrogens is 454 g/mol. The van der Waals surface area contributed by atoms with Crippen molar-refractivity contribution in [2.75, 3.05) is 32.6 Å². The van der Waals surface area contributed by atoms with Crippen LogP contribution in [0.15, 0.2) is 47.4 Å². The van der Waals surface area contributed by atoms with E-state index in [0.29, 0.717) is 5.02 Å². The number of nitro benzene ring substituents is 1. The van der Waals surface area contributed by atoms with Gasteiger partial charge < -0.3 is 14.8 Å². The van der Waals surface area contributed by atoms with Gasteiger partial charge >= 0.3 is 5.97 Å². The number of rotatable bonds is 9. The van der Waals surface area contributed by atoms with Crippen molar-refractivity contribution < 1.29 is 32.4 Å². The van der Waals surface area contributed by atoms with Crippen molar-refractivity contribution in [1.82, 2.24) is 4.31 Å². The number of benzene rings is 2. The van der Waals surface area contributed by atoms with Crippen molar-refractivity contribution in [1.29, 1.82) is 0 Å². The van der Waals surface area contributed by atoms with E-state index in [2.05, 4.69) is 5.32 Å². The first-order valence-corrected chi connectivity index (χ1v) is 10.4. The zero-order valence-corrected chi connectivity index (χ0v) is 18.0. The molecule has 11 nitrogen and oxygen atoms in total. The molecule has 0 radical (unpaired) electrons. The third-order valence-electron chi connectivity index (χ3n) is 3.91. The van der Waals surface area contributed by atoms with Crippen LogP contribution in [0.2, 0.25) is 5.02 Å². The Morgan fingerprint density at radius 1 is 1.19 bits per heavy atom. The first-order chi connectivity index (χ1) is 14.5. The van der Waals surface area contributed by atoms with Gasteiger partial charge in [0.15, 0.2) is 6.61 Å². The summed E-state index contributed by atoms with van der Waals surface area (Å²) in [4.78, 5) is 34.3. The molecule has 0 heterocycles. The number of methoxy groups -OCH3 is 1. The molecule has 2 rings (SSSR count). The van der Waals surface area contributed by atoms with E-state index in [0.717, 1.165) is 10.4 Å². The van der Waals surface area contributed by atoms with Gasteiger partial charge in [0.05, 0.1) is 23.0 Å². The van der Waals surface area contributed by atoms with Crippen molar-refractivity contribution in [3.05, 3.63) is 57.6 Å². The van der Waals surface area contributed by atoms with Gasteiger partial charge in [-0.05, 0) is 36.4 Å². The lowest BCUT2D eigenvalue weighted by Gasteiger charge is -2.16. The van der Waals surface area contributed by atoms with Crippen LogP contribution in [-0.4, -0.2) is 56.8 Å². The van der Waals surface area contributed by atoms with Crippen molar-refractivity contribution in [3.8, 4) is 5.75 Å². The minimum atomic E-state index is -3.97. The lowest BCUT2D eigenvalue weighted by atomic mass is 10.2. The zero-order valence-electron chi connectivity index (χ0n) is 16.4.